The highest BCUT2D eigenvalue weighted by atomic mass is 19.4. The fourth-order valence-electron chi connectivity index (χ4n) is 5.42. The van der Waals surface area contributed by atoms with Gasteiger partial charge < -0.3 is 30.1 Å². The number of nitrogens with zero attached hydrogens (tertiary/aromatic N) is 1. The molecule has 2 aliphatic rings. The maximum Gasteiger partial charge on any atom is 0.490 e. The van der Waals surface area contributed by atoms with Gasteiger partial charge in [-0.15, -0.1) is 0 Å². The zero-order chi connectivity index (χ0) is 29.8. The van der Waals surface area contributed by atoms with Gasteiger partial charge in [-0.1, -0.05) is 6.07 Å². The minimum atomic E-state index is -5.08. The molecule has 4 rings (SSSR count). The normalized spacial score (nSPS) is 22.4. The predicted molar refractivity (Wildman–Crippen MR) is 132 cm³/mol. The van der Waals surface area contributed by atoms with E-state index in [-0.39, 0.29) is 11.5 Å². The summed E-state index contributed by atoms with van der Waals surface area (Å²) in [5.41, 5.74) is 0.707. The first-order valence-electron chi connectivity index (χ1n) is 12.1. The third-order valence-electron chi connectivity index (χ3n) is 7.19. The molecule has 2 aromatic carbocycles. The van der Waals surface area contributed by atoms with Crippen LogP contribution in [0, 0.1) is 23.4 Å². The maximum atomic E-state index is 13.9. The van der Waals surface area contributed by atoms with Crippen molar-refractivity contribution < 1.29 is 50.5 Å². The average molecular weight is 578 g/mol. The van der Waals surface area contributed by atoms with Crippen LogP contribution in [0.25, 0.3) is 0 Å². The molecule has 40 heavy (non-hydrogen) atoms. The lowest BCUT2D eigenvalue weighted by Gasteiger charge is -2.42. The number of hydrogen-bond donors (Lipinski definition) is 3. The number of likely N-dealkylation sites (N-methyl/N-ethyl adjacent to an activating group) is 1. The van der Waals surface area contributed by atoms with Crippen LogP contribution in [0.2, 0.25) is 0 Å². The topological polar surface area (TPSA) is 100 Å². The molecule has 0 spiro atoms. The molecule has 3 N–H and O–H groups in total. The number of rotatable bonds is 5. The number of alkyl halides is 3. The van der Waals surface area contributed by atoms with E-state index in [1.165, 1.54) is 5.56 Å². The van der Waals surface area contributed by atoms with Gasteiger partial charge in [-0.05, 0) is 62.1 Å². The first kappa shape index (κ1) is 30.9. The second kappa shape index (κ2) is 12.2. The number of ether oxygens (including phenoxy) is 2. The van der Waals surface area contributed by atoms with Gasteiger partial charge in [0.25, 0.3) is 0 Å². The lowest BCUT2D eigenvalue weighted by atomic mass is 9.63. The van der Waals surface area contributed by atoms with Gasteiger partial charge in [-0.3, -0.25) is 0 Å². The Bertz CT molecular complexity index is 1240. The number of carbonyl (C=O) groups is 2. The number of carboxylic acid groups (broad SMARTS) is 1. The number of urea groups is 1. The number of fused-ring (bicyclic) bond motifs is 1. The second-order valence-corrected chi connectivity index (χ2v) is 9.72. The summed E-state index contributed by atoms with van der Waals surface area (Å²) >= 11 is 0. The molecule has 8 nitrogen and oxygen atoms in total. The van der Waals surface area contributed by atoms with Gasteiger partial charge >= 0.3 is 18.2 Å². The molecule has 0 bridgehead atoms. The van der Waals surface area contributed by atoms with E-state index < -0.39 is 41.3 Å². The summed E-state index contributed by atoms with van der Waals surface area (Å²) in [4.78, 5) is 23.6. The molecule has 2 amide bonds. The number of likely N-dealkylation sites (tertiary alicyclic amines) is 1. The molecule has 0 aromatic heterocycles. The number of nitrogens with one attached hydrogen (secondary N) is 2. The fourth-order valence-corrected chi connectivity index (χ4v) is 5.42. The quantitative estimate of drug-likeness (QED) is 0.345. The van der Waals surface area contributed by atoms with Gasteiger partial charge in [-0.25, -0.2) is 22.8 Å². The molecular weight excluding hydrogens is 548 g/mol. The van der Waals surface area contributed by atoms with E-state index in [2.05, 4.69) is 28.6 Å². The summed E-state index contributed by atoms with van der Waals surface area (Å²) < 4.78 is 83.1. The number of halogens is 6. The van der Waals surface area contributed by atoms with Crippen molar-refractivity contribution in [3.8, 4) is 11.5 Å². The molecule has 14 heteroatoms. The molecule has 1 aliphatic carbocycles. The Morgan fingerprint density at radius 1 is 1.05 bits per heavy atom. The lowest BCUT2D eigenvalue weighted by molar-refractivity contribution is -0.192. The number of anilines is 1. The van der Waals surface area contributed by atoms with E-state index in [0.29, 0.717) is 17.4 Å². The van der Waals surface area contributed by atoms with Crippen molar-refractivity contribution in [1.29, 1.82) is 0 Å². The standard InChI is InChI=1S/C24H28F3N3O3.C2HF3O2/c1-30-12-15-10-16(28-23(31)29-18-6-5-17(25)21(26)22(18)27)8-9-24(15,13-30)14-4-7-19(32-2)20(11-14)33-3;3-2(4,5)1(6)7/h4-7,11,15-16H,8-10,12-13H2,1-3H3,(H2,28,29,31);(H,6,7)/t15-,16-,24+;/m1./s1. The Hall–Kier alpha value is -3.68. The smallest absolute Gasteiger partial charge is 0.490 e. The van der Waals surface area contributed by atoms with Gasteiger partial charge in [0, 0.05) is 24.5 Å². The van der Waals surface area contributed by atoms with Gasteiger partial charge in [0.15, 0.2) is 29.0 Å². The van der Waals surface area contributed by atoms with Gasteiger partial charge in [-0.2, -0.15) is 13.2 Å². The van der Waals surface area contributed by atoms with Crippen molar-refractivity contribution in [3.63, 3.8) is 0 Å². The minimum Gasteiger partial charge on any atom is -0.493 e. The highest BCUT2D eigenvalue weighted by molar-refractivity contribution is 5.89. The zero-order valence-electron chi connectivity index (χ0n) is 21.9. The Morgan fingerprint density at radius 3 is 2.30 bits per heavy atom. The van der Waals surface area contributed by atoms with Crippen LogP contribution >= 0.6 is 0 Å². The zero-order valence-corrected chi connectivity index (χ0v) is 21.9. The van der Waals surface area contributed by atoms with Gasteiger partial charge in [0.05, 0.1) is 19.9 Å². The largest absolute Gasteiger partial charge is 0.493 e. The highest BCUT2D eigenvalue weighted by Crippen LogP contribution is 2.49. The Kier molecular flexibility index (Phi) is 9.44. The second-order valence-electron chi connectivity index (χ2n) is 9.72. The van der Waals surface area contributed by atoms with Crippen LogP contribution in [-0.2, 0) is 10.2 Å². The molecule has 1 heterocycles. The number of hydrogen-bond acceptors (Lipinski definition) is 5. The van der Waals surface area contributed by atoms with Crippen molar-refractivity contribution >= 4 is 17.7 Å². The predicted octanol–water partition coefficient (Wildman–Crippen LogP) is 4.93. The number of carboxylic acids is 1. The number of benzene rings is 2. The molecule has 1 saturated heterocycles. The monoisotopic (exact) mass is 577 g/mol. The number of methoxy groups -OCH3 is 2. The molecule has 0 unspecified atom stereocenters. The summed E-state index contributed by atoms with van der Waals surface area (Å²) in [6.07, 6.45) is -2.76. The Balaban J connectivity index is 0.000000559. The van der Waals surface area contributed by atoms with E-state index in [1.807, 2.05) is 12.1 Å². The van der Waals surface area contributed by atoms with E-state index in [1.54, 1.807) is 14.2 Å². The molecule has 2 aromatic rings. The van der Waals surface area contributed by atoms with Gasteiger partial charge in [0.1, 0.15) is 0 Å². The van der Waals surface area contributed by atoms with Crippen LogP contribution in [0.1, 0.15) is 24.8 Å². The SMILES string of the molecule is COc1ccc([C@@]23CC[C@@H](NC(=O)Nc4ccc(F)c(F)c4F)C[C@@H]2CN(C)C3)cc1OC.O=C(O)C(F)(F)F. The summed E-state index contributed by atoms with van der Waals surface area (Å²) in [5, 5.41) is 12.3. The van der Waals surface area contributed by atoms with Crippen molar-refractivity contribution in [1.82, 2.24) is 10.2 Å². The van der Waals surface area contributed by atoms with Crippen molar-refractivity contribution in [2.75, 3.05) is 39.7 Å². The van der Waals surface area contributed by atoms with E-state index >= 15 is 0 Å². The third-order valence-corrected chi connectivity index (χ3v) is 7.19. The first-order valence-corrected chi connectivity index (χ1v) is 12.1. The summed E-state index contributed by atoms with van der Waals surface area (Å²) in [5.74, 6) is -5.43. The maximum absolute atomic E-state index is 13.9. The molecule has 3 atom stereocenters. The Morgan fingerprint density at radius 2 is 1.70 bits per heavy atom. The number of amides is 2. The van der Waals surface area contributed by atoms with Crippen molar-refractivity contribution in [2.24, 2.45) is 5.92 Å². The summed E-state index contributed by atoms with van der Waals surface area (Å²) in [7, 11) is 5.31. The summed E-state index contributed by atoms with van der Waals surface area (Å²) in [6, 6.07) is 7.06. The molecule has 1 aliphatic heterocycles. The van der Waals surface area contributed by atoms with Crippen LogP contribution in [0.4, 0.5) is 36.8 Å². The lowest BCUT2D eigenvalue weighted by Crippen LogP contribution is -2.48. The minimum absolute atomic E-state index is 0.0743. The average Bonchev–Trinajstić information content (AvgIpc) is 3.24. The highest BCUT2D eigenvalue weighted by Gasteiger charge is 2.50. The molecule has 220 valence electrons. The van der Waals surface area contributed by atoms with Crippen LogP contribution in [-0.4, -0.2) is 68.6 Å². The van der Waals surface area contributed by atoms with E-state index in [4.69, 9.17) is 19.4 Å². The van der Waals surface area contributed by atoms with E-state index in [9.17, 15) is 31.1 Å². The third kappa shape index (κ3) is 6.72. The molecule has 1 saturated carbocycles. The van der Waals surface area contributed by atoms with Crippen molar-refractivity contribution in [2.45, 2.75) is 36.9 Å². The number of carbonyl (C=O) groups excluding carboxylic acids is 1. The van der Waals surface area contributed by atoms with Crippen LogP contribution in [0.15, 0.2) is 30.3 Å². The van der Waals surface area contributed by atoms with Gasteiger partial charge in [0.2, 0.25) is 0 Å². The van der Waals surface area contributed by atoms with Crippen LogP contribution in [0.5, 0.6) is 11.5 Å². The molecule has 0 radical (unpaired) electrons. The van der Waals surface area contributed by atoms with Crippen LogP contribution < -0.4 is 20.1 Å². The molecular formula is C26H29F6N3O5. The number of aliphatic carboxylic acids is 1. The Labute approximate surface area is 226 Å². The fraction of sp³-hybridized carbons (Fsp3) is 0.462. The first-order chi connectivity index (χ1) is 18.7. The van der Waals surface area contributed by atoms with Crippen LogP contribution in [0.3, 0.4) is 0 Å². The van der Waals surface area contributed by atoms with Crippen molar-refractivity contribution in [3.05, 3.63) is 53.3 Å². The summed E-state index contributed by atoms with van der Waals surface area (Å²) in [6.45, 7) is 1.78. The molecule has 2 fully saturated rings. The van der Waals surface area contributed by atoms with E-state index in [0.717, 1.165) is 44.5 Å².